The number of halogens is 1. The smallest absolute Gasteiger partial charge is 0.169 e. The van der Waals surface area contributed by atoms with E-state index < -0.39 is 5.82 Å². The molecule has 0 saturated heterocycles. The van der Waals surface area contributed by atoms with Gasteiger partial charge >= 0.3 is 0 Å². The normalized spacial score (nSPS) is 10.6. The van der Waals surface area contributed by atoms with Gasteiger partial charge in [-0.15, -0.1) is 5.10 Å². The minimum atomic E-state index is -0.438. The van der Waals surface area contributed by atoms with Gasteiger partial charge in [0.15, 0.2) is 17.4 Å². The van der Waals surface area contributed by atoms with Crippen LogP contribution >= 0.6 is 0 Å². The first-order valence-electron chi connectivity index (χ1n) is 5.71. The Morgan fingerprint density at radius 3 is 2.83 bits per heavy atom. The van der Waals surface area contributed by atoms with Gasteiger partial charge in [-0.25, -0.2) is 9.07 Å². The molecule has 2 aromatic rings. The first kappa shape index (κ1) is 12.3. The predicted octanol–water partition coefficient (Wildman–Crippen LogP) is 1.95. The molecule has 5 nitrogen and oxygen atoms in total. The van der Waals surface area contributed by atoms with Crippen LogP contribution < -0.4 is 10.5 Å². The Bertz CT molecular complexity index is 553. The first-order valence-corrected chi connectivity index (χ1v) is 5.71. The Balaban J connectivity index is 2.45. The Labute approximate surface area is 104 Å². The van der Waals surface area contributed by atoms with E-state index in [1.165, 1.54) is 13.2 Å². The Morgan fingerprint density at radius 2 is 2.22 bits per heavy atom. The van der Waals surface area contributed by atoms with Crippen molar-refractivity contribution in [2.75, 3.05) is 12.8 Å². The molecule has 0 atom stereocenters. The van der Waals surface area contributed by atoms with Crippen LogP contribution in [0.25, 0.3) is 5.69 Å². The van der Waals surface area contributed by atoms with Crippen LogP contribution in [-0.4, -0.2) is 22.1 Å². The summed E-state index contributed by atoms with van der Waals surface area (Å²) in [7, 11) is 1.42. The number of hydrogen-bond donors (Lipinski definition) is 1. The van der Waals surface area contributed by atoms with Crippen molar-refractivity contribution >= 4 is 5.82 Å². The van der Waals surface area contributed by atoms with E-state index in [2.05, 4.69) is 10.3 Å². The fourth-order valence-electron chi connectivity index (χ4n) is 1.78. The molecule has 2 N–H and O–H groups in total. The van der Waals surface area contributed by atoms with Gasteiger partial charge in [-0.3, -0.25) is 0 Å². The molecule has 0 radical (unpaired) electrons. The summed E-state index contributed by atoms with van der Waals surface area (Å²) in [5.74, 6) is 0.142. The minimum Gasteiger partial charge on any atom is -0.494 e. The number of ether oxygens (including phenoxy) is 1. The van der Waals surface area contributed by atoms with Crippen molar-refractivity contribution in [3.63, 3.8) is 0 Å². The van der Waals surface area contributed by atoms with Crippen LogP contribution in [0.5, 0.6) is 5.75 Å². The molecule has 0 saturated carbocycles. The molecule has 2 rings (SSSR count). The topological polar surface area (TPSA) is 66.0 Å². The first-order chi connectivity index (χ1) is 8.67. The Hall–Kier alpha value is -2.11. The lowest BCUT2D eigenvalue weighted by atomic mass is 10.2. The molecular formula is C12H15FN4O. The average molecular weight is 250 g/mol. The van der Waals surface area contributed by atoms with Gasteiger partial charge in [0, 0.05) is 6.07 Å². The zero-order valence-corrected chi connectivity index (χ0v) is 10.4. The molecule has 0 bridgehead atoms. The lowest BCUT2D eigenvalue weighted by Crippen LogP contribution is -2.04. The second-order valence-corrected chi connectivity index (χ2v) is 3.90. The molecular weight excluding hydrogens is 235 g/mol. The van der Waals surface area contributed by atoms with Gasteiger partial charge in [-0.05, 0) is 18.6 Å². The van der Waals surface area contributed by atoms with E-state index in [0.29, 0.717) is 11.5 Å². The summed E-state index contributed by atoms with van der Waals surface area (Å²) < 4.78 is 20.1. The number of rotatable bonds is 4. The molecule has 96 valence electrons. The highest BCUT2D eigenvalue weighted by Crippen LogP contribution is 2.22. The zero-order valence-electron chi connectivity index (χ0n) is 10.4. The molecule has 0 aliphatic rings. The van der Waals surface area contributed by atoms with Crippen LogP contribution in [0.15, 0.2) is 18.2 Å². The molecule has 1 aromatic carbocycles. The summed E-state index contributed by atoms with van der Waals surface area (Å²) in [6.07, 6.45) is 1.66. The average Bonchev–Trinajstić information content (AvgIpc) is 2.72. The van der Waals surface area contributed by atoms with Crippen LogP contribution in [0.4, 0.5) is 10.2 Å². The summed E-state index contributed by atoms with van der Waals surface area (Å²) in [6, 6.07) is 4.62. The summed E-state index contributed by atoms with van der Waals surface area (Å²) in [5.41, 5.74) is 7.12. The van der Waals surface area contributed by atoms with Gasteiger partial charge in [-0.2, -0.15) is 0 Å². The summed E-state index contributed by atoms with van der Waals surface area (Å²) in [5, 5.41) is 7.76. The zero-order chi connectivity index (χ0) is 13.1. The van der Waals surface area contributed by atoms with E-state index in [4.69, 9.17) is 10.5 Å². The second-order valence-electron chi connectivity index (χ2n) is 3.90. The maximum Gasteiger partial charge on any atom is 0.169 e. The summed E-state index contributed by atoms with van der Waals surface area (Å²) >= 11 is 0. The van der Waals surface area contributed by atoms with Crippen LogP contribution in [-0.2, 0) is 6.42 Å². The SMILES string of the molecule is CCCc1c(N)nnn1-c1ccc(OC)c(F)c1. The fraction of sp³-hybridized carbons (Fsp3) is 0.333. The van der Waals surface area contributed by atoms with Crippen LogP contribution in [0.2, 0.25) is 0 Å². The standard InChI is InChI=1S/C12H15FN4O/c1-3-4-10-12(14)15-16-17(10)8-5-6-11(18-2)9(13)7-8/h5-7H,3-4,14H2,1-2H3. The van der Waals surface area contributed by atoms with Gasteiger partial charge in [-0.1, -0.05) is 18.6 Å². The van der Waals surface area contributed by atoms with Gasteiger partial charge < -0.3 is 10.5 Å². The lowest BCUT2D eigenvalue weighted by molar-refractivity contribution is 0.386. The number of aromatic nitrogens is 3. The monoisotopic (exact) mass is 250 g/mol. The van der Waals surface area contributed by atoms with Gasteiger partial charge in [0.25, 0.3) is 0 Å². The van der Waals surface area contributed by atoms with E-state index in [-0.39, 0.29) is 5.75 Å². The van der Waals surface area contributed by atoms with Crippen LogP contribution in [0, 0.1) is 5.82 Å². The molecule has 0 aliphatic heterocycles. The van der Waals surface area contributed by atoms with E-state index in [1.54, 1.807) is 16.8 Å². The lowest BCUT2D eigenvalue weighted by Gasteiger charge is -2.07. The van der Waals surface area contributed by atoms with Crippen molar-refractivity contribution < 1.29 is 9.13 Å². The fourth-order valence-corrected chi connectivity index (χ4v) is 1.78. The molecule has 0 amide bonds. The third kappa shape index (κ3) is 2.13. The molecule has 0 spiro atoms. The van der Waals surface area contributed by atoms with Crippen LogP contribution in [0.1, 0.15) is 19.0 Å². The van der Waals surface area contributed by atoms with Crippen LogP contribution in [0.3, 0.4) is 0 Å². The molecule has 1 aromatic heterocycles. The van der Waals surface area contributed by atoms with Crippen molar-refractivity contribution in [2.45, 2.75) is 19.8 Å². The maximum absolute atomic E-state index is 13.6. The molecule has 0 unspecified atom stereocenters. The number of nitrogens with two attached hydrogens (primary N) is 1. The quantitative estimate of drug-likeness (QED) is 0.900. The van der Waals surface area contributed by atoms with E-state index >= 15 is 0 Å². The highest BCUT2D eigenvalue weighted by atomic mass is 19.1. The van der Waals surface area contributed by atoms with E-state index in [0.717, 1.165) is 18.5 Å². The number of anilines is 1. The number of benzene rings is 1. The minimum absolute atomic E-state index is 0.198. The number of methoxy groups -OCH3 is 1. The largest absolute Gasteiger partial charge is 0.494 e. The van der Waals surface area contributed by atoms with Crippen molar-refractivity contribution in [2.24, 2.45) is 0 Å². The highest BCUT2D eigenvalue weighted by molar-refractivity contribution is 5.43. The maximum atomic E-state index is 13.6. The molecule has 6 heteroatoms. The molecule has 18 heavy (non-hydrogen) atoms. The predicted molar refractivity (Wildman–Crippen MR) is 66.3 cm³/mol. The Morgan fingerprint density at radius 1 is 1.44 bits per heavy atom. The third-order valence-electron chi connectivity index (χ3n) is 2.66. The highest BCUT2D eigenvalue weighted by Gasteiger charge is 2.12. The van der Waals surface area contributed by atoms with Crippen molar-refractivity contribution in [1.82, 2.24) is 15.0 Å². The third-order valence-corrected chi connectivity index (χ3v) is 2.66. The molecule has 1 heterocycles. The second kappa shape index (κ2) is 5.03. The number of nitrogens with zero attached hydrogens (tertiary/aromatic N) is 3. The van der Waals surface area contributed by atoms with Crippen molar-refractivity contribution in [3.8, 4) is 11.4 Å². The molecule has 0 fully saturated rings. The van der Waals surface area contributed by atoms with Gasteiger partial charge in [0.1, 0.15) is 0 Å². The summed E-state index contributed by atoms with van der Waals surface area (Å²) in [4.78, 5) is 0. The van der Waals surface area contributed by atoms with Crippen molar-refractivity contribution in [1.29, 1.82) is 0 Å². The Kier molecular flexibility index (Phi) is 3.45. The molecule has 0 aliphatic carbocycles. The van der Waals surface area contributed by atoms with Gasteiger partial charge in [0.05, 0.1) is 18.5 Å². The summed E-state index contributed by atoms with van der Waals surface area (Å²) in [6.45, 7) is 2.03. The number of hydrogen-bond acceptors (Lipinski definition) is 4. The van der Waals surface area contributed by atoms with E-state index in [9.17, 15) is 4.39 Å². The van der Waals surface area contributed by atoms with Gasteiger partial charge in [0.2, 0.25) is 0 Å². The number of nitrogen functional groups attached to an aromatic ring is 1. The van der Waals surface area contributed by atoms with Crippen molar-refractivity contribution in [3.05, 3.63) is 29.7 Å². The van der Waals surface area contributed by atoms with E-state index in [1.807, 2.05) is 6.92 Å².